The van der Waals surface area contributed by atoms with Crippen molar-refractivity contribution in [3.63, 3.8) is 0 Å². The van der Waals surface area contributed by atoms with E-state index in [0.29, 0.717) is 18.1 Å². The van der Waals surface area contributed by atoms with Crippen LogP contribution in [-0.4, -0.2) is 19.5 Å². The molecule has 0 fully saturated rings. The molecule has 0 spiro atoms. The number of rotatable bonds is 6. The highest BCUT2D eigenvalue weighted by Gasteiger charge is 2.18. The average Bonchev–Trinajstić information content (AvgIpc) is 3.96. The van der Waals surface area contributed by atoms with E-state index in [0.717, 1.165) is 55.7 Å². The molecule has 0 radical (unpaired) electrons. The van der Waals surface area contributed by atoms with Gasteiger partial charge >= 0.3 is 0 Å². The van der Waals surface area contributed by atoms with Gasteiger partial charge in [0.25, 0.3) is 0 Å². The monoisotopic (exact) mass is 760 g/mol. The van der Waals surface area contributed by atoms with Crippen LogP contribution in [0.5, 0.6) is 0 Å². The summed E-state index contributed by atoms with van der Waals surface area (Å²) >= 11 is 1.83. The fourth-order valence-electron chi connectivity index (χ4n) is 8.61. The molecule has 4 heterocycles. The molecule has 0 aliphatic rings. The van der Waals surface area contributed by atoms with Gasteiger partial charge in [-0.05, 0) is 77.4 Å². The first-order chi connectivity index (χ1) is 28.7. The molecule has 58 heavy (non-hydrogen) atoms. The Bertz CT molecular complexity index is 3440. The maximum atomic E-state index is 6.43. The van der Waals surface area contributed by atoms with Gasteiger partial charge in [0.05, 0.1) is 11.0 Å². The number of para-hydroxylation sites is 2. The summed E-state index contributed by atoms with van der Waals surface area (Å²) in [5.41, 5.74) is 10.7. The summed E-state index contributed by atoms with van der Waals surface area (Å²) in [6.45, 7) is 0. The Kier molecular flexibility index (Phi) is 7.40. The van der Waals surface area contributed by atoms with Crippen molar-refractivity contribution in [3.8, 4) is 39.6 Å². The predicted molar refractivity (Wildman–Crippen MR) is 240 cm³/mol. The molecule has 8 aromatic carbocycles. The van der Waals surface area contributed by atoms with Crippen molar-refractivity contribution in [2.45, 2.75) is 6.42 Å². The Morgan fingerprint density at radius 3 is 1.71 bits per heavy atom. The lowest BCUT2D eigenvalue weighted by Crippen LogP contribution is -2.04. The van der Waals surface area contributed by atoms with E-state index >= 15 is 0 Å². The first-order valence-electron chi connectivity index (χ1n) is 19.5. The van der Waals surface area contributed by atoms with Crippen molar-refractivity contribution in [3.05, 3.63) is 193 Å². The lowest BCUT2D eigenvalue weighted by atomic mass is 9.98. The van der Waals surface area contributed by atoms with Gasteiger partial charge in [0.1, 0.15) is 17.0 Å². The molecule has 4 aromatic heterocycles. The highest BCUT2D eigenvalue weighted by atomic mass is 32.1. The van der Waals surface area contributed by atoms with Crippen molar-refractivity contribution in [1.82, 2.24) is 19.5 Å². The number of thiophene rings is 1. The van der Waals surface area contributed by atoms with Gasteiger partial charge in [-0.1, -0.05) is 121 Å². The zero-order chi connectivity index (χ0) is 38.2. The summed E-state index contributed by atoms with van der Waals surface area (Å²) < 4.78 is 11.3. The summed E-state index contributed by atoms with van der Waals surface area (Å²) in [7, 11) is 0. The number of furan rings is 1. The van der Waals surface area contributed by atoms with Gasteiger partial charge < -0.3 is 8.98 Å². The average molecular weight is 761 g/mol. The molecule has 0 saturated heterocycles. The Balaban J connectivity index is 0.968. The van der Waals surface area contributed by atoms with Crippen LogP contribution in [0.2, 0.25) is 0 Å². The summed E-state index contributed by atoms with van der Waals surface area (Å²) in [5, 5.41) is 7.18. The normalized spacial score (nSPS) is 11.9. The first kappa shape index (κ1) is 32.8. The van der Waals surface area contributed by atoms with E-state index < -0.39 is 0 Å². The lowest BCUT2D eigenvalue weighted by molar-refractivity contribution is 0.669. The van der Waals surface area contributed by atoms with Crippen molar-refractivity contribution < 1.29 is 4.42 Å². The van der Waals surface area contributed by atoms with Crippen molar-refractivity contribution in [2.24, 2.45) is 0 Å². The van der Waals surface area contributed by atoms with E-state index in [1.807, 2.05) is 47.7 Å². The molecule has 5 nitrogen and oxygen atoms in total. The van der Waals surface area contributed by atoms with Crippen LogP contribution in [0.1, 0.15) is 11.4 Å². The van der Waals surface area contributed by atoms with Crippen LogP contribution >= 0.6 is 11.3 Å². The standard InChI is InChI=1S/C52H32N4OS/c1-3-12-32(13-4-1)51-53-49(54-52(55-51)33-14-5-2-6-15-33)30-36-16-11-21-48-50(36)42-29-35(23-27-47(42)58-48)34-22-25-45-40(28-34)41-31-37(24-26-46(41)57-45)56-43-19-9-7-17-38(43)39-18-8-10-20-44(39)56/h1-29,31H,30H2. The summed E-state index contributed by atoms with van der Waals surface area (Å²) in [5.74, 6) is 2.10. The van der Waals surface area contributed by atoms with E-state index in [2.05, 4.69) is 150 Å². The van der Waals surface area contributed by atoms with Gasteiger partial charge in [-0.25, -0.2) is 15.0 Å². The van der Waals surface area contributed by atoms with Crippen molar-refractivity contribution in [1.29, 1.82) is 0 Å². The second-order valence-corrected chi connectivity index (χ2v) is 15.9. The van der Waals surface area contributed by atoms with E-state index in [-0.39, 0.29) is 0 Å². The third-order valence-corrected chi connectivity index (χ3v) is 12.4. The lowest BCUT2D eigenvalue weighted by Gasteiger charge is -2.09. The number of hydrogen-bond acceptors (Lipinski definition) is 5. The van der Waals surface area contributed by atoms with Gasteiger partial charge in [-0.15, -0.1) is 11.3 Å². The molecular formula is C52H32N4OS. The fraction of sp³-hybridized carbons (Fsp3) is 0.0192. The van der Waals surface area contributed by atoms with Crippen LogP contribution in [0.4, 0.5) is 0 Å². The third kappa shape index (κ3) is 5.34. The van der Waals surface area contributed by atoms with Gasteiger partial charge in [0.2, 0.25) is 0 Å². The number of hydrogen-bond donors (Lipinski definition) is 0. The molecular weight excluding hydrogens is 729 g/mol. The highest BCUT2D eigenvalue weighted by molar-refractivity contribution is 7.25. The van der Waals surface area contributed by atoms with Crippen LogP contribution in [0.3, 0.4) is 0 Å². The predicted octanol–water partition coefficient (Wildman–Crippen LogP) is 13.8. The van der Waals surface area contributed by atoms with Gasteiger partial charge in [0, 0.05) is 65.0 Å². The van der Waals surface area contributed by atoms with Gasteiger partial charge in [-0.2, -0.15) is 0 Å². The zero-order valence-electron chi connectivity index (χ0n) is 31.1. The molecule has 0 saturated carbocycles. The molecule has 0 unspecified atom stereocenters. The highest BCUT2D eigenvalue weighted by Crippen LogP contribution is 2.41. The Labute approximate surface area is 337 Å². The largest absolute Gasteiger partial charge is 0.456 e. The van der Waals surface area contributed by atoms with Crippen LogP contribution in [-0.2, 0) is 6.42 Å². The summed E-state index contributed by atoms with van der Waals surface area (Å²) in [6.07, 6.45) is 0.580. The third-order valence-electron chi connectivity index (χ3n) is 11.3. The SMILES string of the molecule is c1ccc(-c2nc(Cc3cccc4sc5ccc(-c6ccc7oc8ccc(-n9c%10ccccc%10c%10ccccc%109)cc8c7c6)cc5c34)nc(-c3ccccc3)n2)cc1. The number of fused-ring (bicyclic) bond motifs is 9. The molecule has 0 aliphatic heterocycles. The maximum Gasteiger partial charge on any atom is 0.163 e. The van der Waals surface area contributed by atoms with E-state index in [4.69, 9.17) is 19.4 Å². The molecule has 12 rings (SSSR count). The smallest absolute Gasteiger partial charge is 0.163 e. The van der Waals surface area contributed by atoms with Crippen LogP contribution in [0, 0.1) is 0 Å². The Morgan fingerprint density at radius 1 is 0.431 bits per heavy atom. The van der Waals surface area contributed by atoms with Crippen LogP contribution in [0.15, 0.2) is 186 Å². The minimum atomic E-state index is 0.580. The van der Waals surface area contributed by atoms with Crippen LogP contribution < -0.4 is 0 Å². The summed E-state index contributed by atoms with van der Waals surface area (Å²) in [6, 6.07) is 64.2. The number of nitrogens with zero attached hydrogens (tertiary/aromatic N) is 4. The molecule has 0 N–H and O–H groups in total. The maximum absolute atomic E-state index is 6.43. The molecule has 0 bridgehead atoms. The van der Waals surface area contributed by atoms with E-state index in [1.165, 1.54) is 47.5 Å². The van der Waals surface area contributed by atoms with E-state index in [1.54, 1.807) is 0 Å². The van der Waals surface area contributed by atoms with Crippen molar-refractivity contribution in [2.75, 3.05) is 0 Å². The molecule has 6 heteroatoms. The first-order valence-corrected chi connectivity index (χ1v) is 20.3. The molecule has 12 aromatic rings. The second kappa shape index (κ2) is 13.1. The topological polar surface area (TPSA) is 56.7 Å². The second-order valence-electron chi connectivity index (χ2n) is 14.8. The van der Waals surface area contributed by atoms with Crippen molar-refractivity contribution >= 4 is 75.3 Å². The quantitative estimate of drug-likeness (QED) is 0.169. The summed E-state index contributed by atoms with van der Waals surface area (Å²) in [4.78, 5) is 15.0. The fourth-order valence-corrected chi connectivity index (χ4v) is 9.75. The zero-order valence-corrected chi connectivity index (χ0v) is 31.9. The Hall–Kier alpha value is -7.41. The van der Waals surface area contributed by atoms with Gasteiger partial charge in [0.15, 0.2) is 11.6 Å². The minimum absolute atomic E-state index is 0.580. The Morgan fingerprint density at radius 2 is 1.02 bits per heavy atom. The number of aromatic nitrogens is 4. The number of benzene rings is 8. The molecule has 0 atom stereocenters. The molecule has 0 aliphatic carbocycles. The van der Waals surface area contributed by atoms with Gasteiger partial charge in [-0.3, -0.25) is 0 Å². The minimum Gasteiger partial charge on any atom is -0.456 e. The molecule has 272 valence electrons. The molecule has 0 amide bonds. The van der Waals surface area contributed by atoms with E-state index in [9.17, 15) is 0 Å². The van der Waals surface area contributed by atoms with Crippen LogP contribution in [0.25, 0.3) is 104 Å².